The molecule has 1 aromatic carbocycles. The average molecular weight is 493 g/mol. The lowest BCUT2D eigenvalue weighted by Gasteiger charge is -2.27. The van der Waals surface area contributed by atoms with Crippen molar-refractivity contribution >= 4 is 29.9 Å². The average Bonchev–Trinajstić information content (AvgIpc) is 3.12. The second-order valence-electron chi connectivity index (χ2n) is 7.09. The van der Waals surface area contributed by atoms with E-state index in [9.17, 15) is 9.50 Å². The zero-order valence-corrected chi connectivity index (χ0v) is 18.7. The van der Waals surface area contributed by atoms with Crippen molar-refractivity contribution in [2.75, 3.05) is 33.4 Å². The maximum atomic E-state index is 13.0. The summed E-state index contributed by atoms with van der Waals surface area (Å²) in [7, 11) is 1.74. The molecule has 1 saturated carbocycles. The number of aliphatic hydroxyl groups excluding tert-OH is 1. The van der Waals surface area contributed by atoms with Crippen LogP contribution in [0.25, 0.3) is 0 Å². The van der Waals surface area contributed by atoms with Crippen molar-refractivity contribution in [1.29, 1.82) is 0 Å². The Balaban J connectivity index is 0.00000364. The first-order chi connectivity index (χ1) is 12.6. The van der Waals surface area contributed by atoms with E-state index in [2.05, 4.69) is 10.6 Å². The maximum Gasteiger partial charge on any atom is 0.191 e. The van der Waals surface area contributed by atoms with Gasteiger partial charge in [0.05, 0.1) is 6.10 Å². The molecule has 5 nitrogen and oxygen atoms in total. The summed E-state index contributed by atoms with van der Waals surface area (Å²) in [5.41, 5.74) is 0.913. The summed E-state index contributed by atoms with van der Waals surface area (Å²) in [6.07, 6.45) is 5.21. The number of halogens is 2. The van der Waals surface area contributed by atoms with Crippen molar-refractivity contribution in [3.8, 4) is 0 Å². The molecule has 0 saturated heterocycles. The van der Waals surface area contributed by atoms with Crippen LogP contribution in [0.5, 0.6) is 0 Å². The van der Waals surface area contributed by atoms with Gasteiger partial charge in [-0.25, -0.2) is 4.39 Å². The number of aliphatic hydroxyl groups is 1. The van der Waals surface area contributed by atoms with E-state index in [1.165, 1.54) is 37.8 Å². The SMILES string of the molecule is CCNC(=NCC1(CCOC)CCCC1)NCC(O)c1ccc(F)cc1.I. The molecule has 0 heterocycles. The first-order valence-corrected chi connectivity index (χ1v) is 9.53. The Bertz CT molecular complexity index is 563. The molecule has 1 fully saturated rings. The maximum absolute atomic E-state index is 13.0. The molecule has 3 N–H and O–H groups in total. The zero-order valence-electron chi connectivity index (χ0n) is 16.3. The van der Waals surface area contributed by atoms with E-state index in [0.29, 0.717) is 18.1 Å². The van der Waals surface area contributed by atoms with Crippen molar-refractivity contribution in [3.05, 3.63) is 35.6 Å². The van der Waals surface area contributed by atoms with E-state index in [4.69, 9.17) is 9.73 Å². The summed E-state index contributed by atoms with van der Waals surface area (Å²) in [6, 6.07) is 5.92. The summed E-state index contributed by atoms with van der Waals surface area (Å²) in [5, 5.41) is 16.7. The minimum atomic E-state index is -0.714. The van der Waals surface area contributed by atoms with Gasteiger partial charge in [0.25, 0.3) is 0 Å². The van der Waals surface area contributed by atoms with E-state index < -0.39 is 6.10 Å². The monoisotopic (exact) mass is 493 g/mol. The van der Waals surface area contributed by atoms with E-state index in [0.717, 1.165) is 26.1 Å². The van der Waals surface area contributed by atoms with Crippen LogP contribution in [-0.4, -0.2) is 44.4 Å². The lowest BCUT2D eigenvalue weighted by atomic mass is 9.83. The van der Waals surface area contributed by atoms with Crippen LogP contribution >= 0.6 is 24.0 Å². The number of methoxy groups -OCH3 is 1. The van der Waals surface area contributed by atoms with Crippen molar-refractivity contribution in [1.82, 2.24) is 10.6 Å². The molecule has 0 amide bonds. The minimum Gasteiger partial charge on any atom is -0.387 e. The number of nitrogens with one attached hydrogen (secondary N) is 2. The second kappa shape index (κ2) is 12.5. The first-order valence-electron chi connectivity index (χ1n) is 9.53. The van der Waals surface area contributed by atoms with E-state index in [-0.39, 0.29) is 35.2 Å². The Morgan fingerprint density at radius 1 is 1.26 bits per heavy atom. The molecule has 1 aliphatic carbocycles. The van der Waals surface area contributed by atoms with Crippen LogP contribution in [0.15, 0.2) is 29.3 Å². The van der Waals surface area contributed by atoms with Crippen molar-refractivity contribution in [2.45, 2.75) is 45.1 Å². The van der Waals surface area contributed by atoms with Gasteiger partial charge in [-0.1, -0.05) is 25.0 Å². The Hall–Kier alpha value is -0.930. The molecule has 7 heteroatoms. The fourth-order valence-corrected chi connectivity index (χ4v) is 3.52. The van der Waals surface area contributed by atoms with Gasteiger partial charge in [-0.3, -0.25) is 4.99 Å². The summed E-state index contributed by atoms with van der Waals surface area (Å²) in [5.74, 6) is 0.402. The highest BCUT2D eigenvalue weighted by atomic mass is 127. The van der Waals surface area contributed by atoms with Gasteiger partial charge in [-0.15, -0.1) is 24.0 Å². The number of guanidine groups is 1. The van der Waals surface area contributed by atoms with Gasteiger partial charge in [0, 0.05) is 33.4 Å². The minimum absolute atomic E-state index is 0. The molecule has 0 aliphatic heterocycles. The molecule has 2 rings (SSSR count). The molecule has 0 bridgehead atoms. The third-order valence-electron chi connectivity index (χ3n) is 5.14. The third-order valence-corrected chi connectivity index (χ3v) is 5.14. The molecular formula is C20H33FIN3O2. The predicted octanol–water partition coefficient (Wildman–Crippen LogP) is 3.63. The van der Waals surface area contributed by atoms with E-state index >= 15 is 0 Å². The number of nitrogens with zero attached hydrogens (tertiary/aromatic N) is 1. The third kappa shape index (κ3) is 7.91. The molecule has 1 aliphatic rings. The largest absolute Gasteiger partial charge is 0.387 e. The number of ether oxygens (including phenoxy) is 1. The van der Waals surface area contributed by atoms with Gasteiger partial charge < -0.3 is 20.5 Å². The highest BCUT2D eigenvalue weighted by Crippen LogP contribution is 2.41. The predicted molar refractivity (Wildman–Crippen MR) is 118 cm³/mol. The van der Waals surface area contributed by atoms with Gasteiger partial charge in [0.1, 0.15) is 5.82 Å². The van der Waals surface area contributed by atoms with Crippen molar-refractivity contribution < 1.29 is 14.2 Å². The lowest BCUT2D eigenvalue weighted by molar-refractivity contribution is 0.141. The number of aliphatic imine (C=N–C) groups is 1. The first kappa shape index (κ1) is 24.1. The van der Waals surface area contributed by atoms with Crippen molar-refractivity contribution in [3.63, 3.8) is 0 Å². The smallest absolute Gasteiger partial charge is 0.191 e. The van der Waals surface area contributed by atoms with Gasteiger partial charge in [-0.05, 0) is 49.3 Å². The Morgan fingerprint density at radius 2 is 1.93 bits per heavy atom. The van der Waals surface area contributed by atoms with Crippen LogP contribution in [0.2, 0.25) is 0 Å². The fraction of sp³-hybridized carbons (Fsp3) is 0.650. The summed E-state index contributed by atoms with van der Waals surface area (Å²) >= 11 is 0. The second-order valence-corrected chi connectivity index (χ2v) is 7.09. The molecule has 0 aromatic heterocycles. The standard InChI is InChI=1S/C20H32FN3O2.HI/c1-3-22-19(23-14-18(25)16-6-8-17(21)9-7-16)24-15-20(12-13-26-2)10-4-5-11-20;/h6-9,18,25H,3-5,10-15H2,1-2H3,(H2,22,23,24);1H. The molecule has 154 valence electrons. The van der Waals surface area contributed by atoms with Crippen LogP contribution in [0.3, 0.4) is 0 Å². The number of benzene rings is 1. The molecule has 1 aromatic rings. The zero-order chi connectivity index (χ0) is 18.8. The number of hydrogen-bond acceptors (Lipinski definition) is 3. The Labute approximate surface area is 179 Å². The topological polar surface area (TPSA) is 65.9 Å². The Morgan fingerprint density at radius 3 is 2.52 bits per heavy atom. The molecule has 1 atom stereocenters. The van der Waals surface area contributed by atoms with Crippen LogP contribution in [0.4, 0.5) is 4.39 Å². The highest BCUT2D eigenvalue weighted by Gasteiger charge is 2.33. The molecule has 27 heavy (non-hydrogen) atoms. The summed E-state index contributed by atoms with van der Waals surface area (Å²) in [6.45, 7) is 4.62. The molecule has 0 spiro atoms. The Kier molecular flexibility index (Phi) is 11.2. The van der Waals surface area contributed by atoms with Gasteiger partial charge in [0.15, 0.2) is 5.96 Å². The molecule has 1 unspecified atom stereocenters. The fourth-order valence-electron chi connectivity index (χ4n) is 3.52. The van der Waals surface area contributed by atoms with Crippen LogP contribution in [0.1, 0.15) is 50.7 Å². The van der Waals surface area contributed by atoms with Crippen LogP contribution in [-0.2, 0) is 4.74 Å². The molecule has 0 radical (unpaired) electrons. The number of hydrogen-bond donors (Lipinski definition) is 3. The van der Waals surface area contributed by atoms with Crippen LogP contribution in [0, 0.1) is 11.2 Å². The normalized spacial score (nSPS) is 17.3. The quantitative estimate of drug-likeness (QED) is 0.279. The van der Waals surface area contributed by atoms with Crippen molar-refractivity contribution in [2.24, 2.45) is 10.4 Å². The van der Waals surface area contributed by atoms with Gasteiger partial charge >= 0.3 is 0 Å². The van der Waals surface area contributed by atoms with Crippen LogP contribution < -0.4 is 10.6 Å². The van der Waals surface area contributed by atoms with Gasteiger partial charge in [0.2, 0.25) is 0 Å². The summed E-state index contributed by atoms with van der Waals surface area (Å²) < 4.78 is 18.3. The lowest BCUT2D eigenvalue weighted by Crippen LogP contribution is -2.40. The van der Waals surface area contributed by atoms with Gasteiger partial charge in [-0.2, -0.15) is 0 Å². The van der Waals surface area contributed by atoms with E-state index in [1.807, 2.05) is 6.92 Å². The highest BCUT2D eigenvalue weighted by molar-refractivity contribution is 14.0. The molecular weight excluding hydrogens is 460 g/mol. The number of rotatable bonds is 9. The summed E-state index contributed by atoms with van der Waals surface area (Å²) in [4.78, 5) is 4.77. The van der Waals surface area contributed by atoms with E-state index in [1.54, 1.807) is 19.2 Å².